The van der Waals surface area contributed by atoms with E-state index in [0.29, 0.717) is 0 Å². The average Bonchev–Trinajstić information content (AvgIpc) is 2.93. The standard InChI is InChI=1S/C16H24N4OS/c1-2-20(9-10-21)8-7-17-15-14-12-5-3-4-6-13(12)22-16(14)19-11-18-15/h11,21H,2-10H2,1H3,(H,17,18,19). The molecule has 0 amide bonds. The van der Waals surface area contributed by atoms with Crippen molar-refractivity contribution in [1.82, 2.24) is 14.9 Å². The Labute approximate surface area is 135 Å². The van der Waals surface area contributed by atoms with E-state index >= 15 is 0 Å². The third kappa shape index (κ3) is 3.24. The van der Waals surface area contributed by atoms with Gasteiger partial charge in [0.05, 0.1) is 12.0 Å². The van der Waals surface area contributed by atoms with Gasteiger partial charge in [0.2, 0.25) is 0 Å². The number of hydrogen-bond acceptors (Lipinski definition) is 6. The Kier molecular flexibility index (Phi) is 5.23. The van der Waals surface area contributed by atoms with Gasteiger partial charge < -0.3 is 10.4 Å². The molecule has 1 aliphatic rings. The van der Waals surface area contributed by atoms with Crippen LogP contribution in [0.1, 0.15) is 30.2 Å². The number of nitrogens with one attached hydrogen (secondary N) is 1. The van der Waals surface area contributed by atoms with Crippen LogP contribution in [0, 0.1) is 0 Å². The van der Waals surface area contributed by atoms with Gasteiger partial charge in [-0.05, 0) is 37.8 Å². The highest BCUT2D eigenvalue weighted by atomic mass is 32.1. The minimum atomic E-state index is 0.212. The van der Waals surface area contributed by atoms with E-state index in [-0.39, 0.29) is 6.61 Å². The molecule has 2 aromatic heterocycles. The summed E-state index contributed by atoms with van der Waals surface area (Å²) in [7, 11) is 0. The molecule has 0 atom stereocenters. The van der Waals surface area contributed by atoms with Crippen LogP contribution in [0.2, 0.25) is 0 Å². The number of aromatic nitrogens is 2. The minimum Gasteiger partial charge on any atom is -0.395 e. The van der Waals surface area contributed by atoms with Gasteiger partial charge >= 0.3 is 0 Å². The Balaban J connectivity index is 1.75. The van der Waals surface area contributed by atoms with Gasteiger partial charge in [-0.2, -0.15) is 0 Å². The molecule has 0 bridgehead atoms. The first-order valence-electron chi connectivity index (χ1n) is 8.15. The number of aryl methyl sites for hydroxylation is 2. The summed E-state index contributed by atoms with van der Waals surface area (Å²) in [5.74, 6) is 0.976. The summed E-state index contributed by atoms with van der Waals surface area (Å²) in [6, 6.07) is 0. The van der Waals surface area contributed by atoms with Crippen molar-refractivity contribution >= 4 is 27.4 Å². The van der Waals surface area contributed by atoms with E-state index in [2.05, 4.69) is 27.1 Å². The van der Waals surface area contributed by atoms with E-state index < -0.39 is 0 Å². The molecule has 2 N–H and O–H groups in total. The Morgan fingerprint density at radius 1 is 1.27 bits per heavy atom. The van der Waals surface area contributed by atoms with Crippen LogP contribution in [0.3, 0.4) is 0 Å². The van der Waals surface area contributed by atoms with Gasteiger partial charge in [0.15, 0.2) is 0 Å². The lowest BCUT2D eigenvalue weighted by atomic mass is 9.97. The summed E-state index contributed by atoms with van der Waals surface area (Å²) in [6.07, 6.45) is 6.58. The van der Waals surface area contributed by atoms with Gasteiger partial charge in [-0.3, -0.25) is 4.90 Å². The molecule has 0 aromatic carbocycles. The van der Waals surface area contributed by atoms with Crippen LogP contribution in [-0.4, -0.2) is 52.8 Å². The highest BCUT2D eigenvalue weighted by Crippen LogP contribution is 2.37. The lowest BCUT2D eigenvalue weighted by Gasteiger charge is -2.19. The van der Waals surface area contributed by atoms with E-state index in [1.165, 1.54) is 35.1 Å². The van der Waals surface area contributed by atoms with Gasteiger partial charge in [-0.1, -0.05) is 6.92 Å². The number of likely N-dealkylation sites (N-methyl/N-ethyl adjacent to an activating group) is 1. The molecule has 120 valence electrons. The van der Waals surface area contributed by atoms with Crippen LogP contribution >= 0.6 is 11.3 Å². The number of nitrogens with zero attached hydrogens (tertiary/aromatic N) is 3. The molecule has 0 radical (unpaired) electrons. The molecule has 2 aromatic rings. The van der Waals surface area contributed by atoms with Gasteiger partial charge in [-0.25, -0.2) is 9.97 Å². The lowest BCUT2D eigenvalue weighted by Crippen LogP contribution is -2.31. The van der Waals surface area contributed by atoms with Crippen LogP contribution in [0.5, 0.6) is 0 Å². The van der Waals surface area contributed by atoms with Crippen molar-refractivity contribution in [3.05, 3.63) is 16.8 Å². The fourth-order valence-corrected chi connectivity index (χ4v) is 4.36. The molecular formula is C16H24N4OS. The minimum absolute atomic E-state index is 0.212. The van der Waals surface area contributed by atoms with Crippen molar-refractivity contribution in [1.29, 1.82) is 0 Å². The second-order valence-corrected chi connectivity index (χ2v) is 6.78. The first-order chi connectivity index (χ1) is 10.8. The third-order valence-electron chi connectivity index (χ3n) is 4.34. The lowest BCUT2D eigenvalue weighted by molar-refractivity contribution is 0.206. The molecule has 0 saturated heterocycles. The monoisotopic (exact) mass is 320 g/mol. The molecule has 0 fully saturated rings. The van der Waals surface area contributed by atoms with Crippen LogP contribution < -0.4 is 5.32 Å². The first kappa shape index (κ1) is 15.6. The zero-order valence-electron chi connectivity index (χ0n) is 13.1. The summed E-state index contributed by atoms with van der Waals surface area (Å²) in [4.78, 5) is 13.8. The maximum Gasteiger partial charge on any atom is 0.138 e. The van der Waals surface area contributed by atoms with Gasteiger partial charge in [0, 0.05) is 24.5 Å². The van der Waals surface area contributed by atoms with Gasteiger partial charge in [0.1, 0.15) is 17.0 Å². The van der Waals surface area contributed by atoms with Crippen molar-refractivity contribution in [3.8, 4) is 0 Å². The number of fused-ring (bicyclic) bond motifs is 3. The van der Waals surface area contributed by atoms with Crippen molar-refractivity contribution in [3.63, 3.8) is 0 Å². The molecule has 0 unspecified atom stereocenters. The summed E-state index contributed by atoms with van der Waals surface area (Å²) < 4.78 is 0. The zero-order valence-corrected chi connectivity index (χ0v) is 14.0. The third-order valence-corrected chi connectivity index (χ3v) is 5.54. The SMILES string of the molecule is CCN(CCO)CCNc1ncnc2sc3c(c12)CCCC3. The van der Waals surface area contributed by atoms with E-state index in [9.17, 15) is 0 Å². The highest BCUT2D eigenvalue weighted by Gasteiger charge is 2.19. The summed E-state index contributed by atoms with van der Waals surface area (Å²) in [5.41, 5.74) is 1.47. The number of thiophene rings is 1. The Morgan fingerprint density at radius 2 is 2.14 bits per heavy atom. The predicted molar refractivity (Wildman–Crippen MR) is 91.7 cm³/mol. The van der Waals surface area contributed by atoms with Gasteiger partial charge in [-0.15, -0.1) is 11.3 Å². The smallest absolute Gasteiger partial charge is 0.138 e. The largest absolute Gasteiger partial charge is 0.395 e. The normalized spacial score (nSPS) is 14.5. The van der Waals surface area contributed by atoms with Crippen LogP contribution in [0.4, 0.5) is 5.82 Å². The Bertz CT molecular complexity index is 628. The quantitative estimate of drug-likeness (QED) is 0.820. The van der Waals surface area contributed by atoms with Crippen LogP contribution in [0.25, 0.3) is 10.2 Å². The molecule has 2 heterocycles. The van der Waals surface area contributed by atoms with E-state index in [4.69, 9.17) is 5.11 Å². The molecule has 0 spiro atoms. The first-order valence-corrected chi connectivity index (χ1v) is 8.97. The highest BCUT2D eigenvalue weighted by molar-refractivity contribution is 7.19. The average molecular weight is 320 g/mol. The van der Waals surface area contributed by atoms with Gasteiger partial charge in [0.25, 0.3) is 0 Å². The number of anilines is 1. The van der Waals surface area contributed by atoms with E-state index in [1.54, 1.807) is 6.33 Å². The Morgan fingerprint density at radius 3 is 2.95 bits per heavy atom. The number of aliphatic hydroxyl groups excluding tert-OH is 1. The molecule has 1 aliphatic carbocycles. The number of aliphatic hydroxyl groups is 1. The molecule has 22 heavy (non-hydrogen) atoms. The second kappa shape index (κ2) is 7.35. The van der Waals surface area contributed by atoms with Crippen molar-refractivity contribution in [2.75, 3.05) is 38.1 Å². The van der Waals surface area contributed by atoms with E-state index in [0.717, 1.165) is 43.2 Å². The maximum absolute atomic E-state index is 9.05. The zero-order chi connectivity index (χ0) is 15.4. The Hall–Kier alpha value is -1.24. The maximum atomic E-state index is 9.05. The summed E-state index contributed by atoms with van der Waals surface area (Å²) in [5, 5.41) is 13.8. The fraction of sp³-hybridized carbons (Fsp3) is 0.625. The summed E-state index contributed by atoms with van der Waals surface area (Å²) in [6.45, 7) is 5.76. The van der Waals surface area contributed by atoms with Crippen molar-refractivity contribution in [2.24, 2.45) is 0 Å². The molecule has 0 aliphatic heterocycles. The molecule has 5 nitrogen and oxygen atoms in total. The van der Waals surface area contributed by atoms with Crippen LogP contribution in [-0.2, 0) is 12.8 Å². The number of hydrogen-bond donors (Lipinski definition) is 2. The van der Waals surface area contributed by atoms with Crippen LogP contribution in [0.15, 0.2) is 6.33 Å². The fourth-order valence-electron chi connectivity index (χ4n) is 3.13. The second-order valence-electron chi connectivity index (χ2n) is 5.70. The van der Waals surface area contributed by atoms with Crippen molar-refractivity contribution < 1.29 is 5.11 Å². The number of rotatable bonds is 7. The molecule has 6 heteroatoms. The molecule has 0 saturated carbocycles. The summed E-state index contributed by atoms with van der Waals surface area (Å²) >= 11 is 1.83. The predicted octanol–water partition coefficient (Wildman–Crippen LogP) is 2.30. The topological polar surface area (TPSA) is 61.3 Å². The molecular weight excluding hydrogens is 296 g/mol. The van der Waals surface area contributed by atoms with Crippen molar-refractivity contribution in [2.45, 2.75) is 32.6 Å². The molecule has 3 rings (SSSR count). The van der Waals surface area contributed by atoms with E-state index in [1.807, 2.05) is 11.3 Å².